The molecule has 5 fully saturated rings. The number of hydrogen-bond acceptors (Lipinski definition) is 52. The largest absolute Gasteiger partial charge is 0.508 e. The minimum atomic E-state index is -6.40. The number of benzene rings is 3. The minimum Gasteiger partial charge on any atom is -0.508 e. The highest BCUT2D eigenvalue weighted by atomic mass is 32.3. The number of carbonyl (C=O) groups excluding carboxylic acids is 2. The molecular weight excluding hydrogens is 2130 g/mol. The quantitative estimate of drug-likeness (QED) is 0.0111. The third-order valence-electron chi connectivity index (χ3n) is 19.4. The number of hydrazine groups is 1. The van der Waals surface area contributed by atoms with Crippen LogP contribution in [0.4, 0.5) is 5.69 Å². The first kappa shape index (κ1) is 113. The zero-order valence-corrected chi connectivity index (χ0v) is 75.7. The third kappa shape index (κ3) is 30.9. The Morgan fingerprint density at radius 3 is 1.27 bits per heavy atom. The zero-order valence-electron chi connectivity index (χ0n) is 67.6. The van der Waals surface area contributed by atoms with Gasteiger partial charge < -0.3 is 118 Å². The molecule has 69 nitrogen and oxygen atoms in total. The van der Waals surface area contributed by atoms with Crippen LogP contribution in [0.15, 0.2) is 75.6 Å². The number of nitrogens with one attached hydrogen (secondary N) is 6. The molecular formula is C60H74N6O63S10. The van der Waals surface area contributed by atoms with Gasteiger partial charge in [0.05, 0.1) is 42.9 Å². The molecule has 7 heterocycles. The Balaban J connectivity index is 0.897. The van der Waals surface area contributed by atoms with E-state index in [4.69, 9.17) is 56.5 Å². The van der Waals surface area contributed by atoms with E-state index < -0.39 is 349 Å². The zero-order chi connectivity index (χ0) is 104. The van der Waals surface area contributed by atoms with E-state index in [0.29, 0.717) is 11.8 Å². The lowest BCUT2D eigenvalue weighted by Gasteiger charge is -2.50. The van der Waals surface area contributed by atoms with Crippen molar-refractivity contribution in [1.82, 2.24) is 25.0 Å². The van der Waals surface area contributed by atoms with Crippen LogP contribution >= 0.6 is 11.8 Å². The number of phenols is 1. The summed E-state index contributed by atoms with van der Waals surface area (Å²) in [5.41, 5.74) is 3.35. The molecule has 2 aromatic carbocycles. The fraction of sp³-hybridized carbons (Fsp3) is 0.550. The van der Waals surface area contributed by atoms with Gasteiger partial charge in [0, 0.05) is 34.3 Å². The number of thioether (sulfide) groups is 1. The summed E-state index contributed by atoms with van der Waals surface area (Å²) in [6.45, 7) is -5.74. The molecule has 7 aliphatic heterocycles. The van der Waals surface area contributed by atoms with Gasteiger partial charge in [0.1, 0.15) is 121 Å². The molecule has 28 atom stereocenters. The number of rotatable bonds is 43. The van der Waals surface area contributed by atoms with Crippen LogP contribution in [0.5, 0.6) is 5.75 Å². The van der Waals surface area contributed by atoms with Crippen LogP contribution in [-0.4, -0.2) is 412 Å². The lowest BCUT2D eigenvalue weighted by atomic mass is 9.90. The first-order valence-corrected chi connectivity index (χ1v) is 50.8. The normalized spacial score (nSPS) is 31.5. The van der Waals surface area contributed by atoms with Gasteiger partial charge in [-0.15, -0.1) is 11.8 Å². The Hall–Kier alpha value is -8.21. The minimum absolute atomic E-state index is 0.00576. The summed E-state index contributed by atoms with van der Waals surface area (Å²) in [6.07, 6.45) is -77.4. The van der Waals surface area contributed by atoms with Gasteiger partial charge in [-0.3, -0.25) is 60.8 Å². The summed E-state index contributed by atoms with van der Waals surface area (Å²) in [4.78, 5) is 90.4. The number of fused-ring (bicyclic) bond motifs is 2. The number of amides is 2. The molecule has 5 saturated heterocycles. The molecule has 0 aromatic heterocycles. The number of aliphatic hydroxyl groups is 6. The second kappa shape index (κ2) is 44.2. The molecule has 1 aliphatic carbocycles. The van der Waals surface area contributed by atoms with Gasteiger partial charge in [-0.1, -0.05) is 6.07 Å². The van der Waals surface area contributed by atoms with Crippen LogP contribution in [0.25, 0.3) is 33.4 Å². The van der Waals surface area contributed by atoms with Crippen molar-refractivity contribution in [2.45, 2.75) is 172 Å². The van der Waals surface area contributed by atoms with Crippen molar-refractivity contribution in [2.24, 2.45) is 0 Å². The van der Waals surface area contributed by atoms with Crippen LogP contribution in [0.3, 0.4) is 0 Å². The van der Waals surface area contributed by atoms with Crippen LogP contribution in [0.2, 0.25) is 0 Å². The van der Waals surface area contributed by atoms with Crippen molar-refractivity contribution >= 4 is 157 Å². The molecule has 79 heteroatoms. The van der Waals surface area contributed by atoms with Crippen LogP contribution in [0.1, 0.15) is 10.4 Å². The topological polar surface area (TPSA) is 1070 Å². The molecule has 2 aromatic rings. The maximum atomic E-state index is 13.4. The second-order valence-electron chi connectivity index (χ2n) is 29.1. The van der Waals surface area contributed by atoms with E-state index in [1.165, 1.54) is 47.2 Å². The van der Waals surface area contributed by atoms with E-state index in [9.17, 15) is 206 Å². The van der Waals surface area contributed by atoms with Crippen LogP contribution in [-0.2, 0) is 194 Å². The summed E-state index contributed by atoms with van der Waals surface area (Å²) in [5.74, 6) is -14.2. The van der Waals surface area contributed by atoms with E-state index in [1.807, 2.05) is 10.9 Å². The Kier molecular flexibility index (Phi) is 35.8. The van der Waals surface area contributed by atoms with E-state index in [1.54, 1.807) is 0 Å². The summed E-state index contributed by atoms with van der Waals surface area (Å²) >= 11 is 0.484. The van der Waals surface area contributed by atoms with Gasteiger partial charge >= 0.3 is 117 Å². The average molecular weight is 2210 g/mol. The third-order valence-corrected chi connectivity index (χ3v) is 24.8. The fourth-order valence-electron chi connectivity index (χ4n) is 14.1. The Morgan fingerprint density at radius 1 is 0.417 bits per heavy atom. The average Bonchev–Trinajstić information content (AvgIpc) is 0.739. The standard InChI is InChI=1S/C60H74N6O63S10/c67-17-2-5-20-24(8-17)115-25-9-18(68)3-6-21(25)32(20)19-4-1-16(7-22(19)52(77)78)61-30(70)14-130-15-31(71)62-63-51-33(64-131(85,86)87)36(72)42(27(116-51)11-112-134(94,95)96)121-59-47(128-138(106,107)108)39(75)45(49(125-59)54(81)82)124-57-35(66-133(91,92)93)38(74)44(29(119-57)13-114-136(100,101)102)122-60-48(129-139(109,110)111)40(76)46(50(126-60)55(83)84)123-56-34(65-132(88,89)90)37(73)43(28(118-56)12-113-135(97,98)99)120-58-41(127-137(103,104)105)23(69)10-26(117-58)53(79)80/h1-10,23,27-29,33-51,56-60,63-67,69,72-76H,11-15H2,(H,61,70)(H,62,71)(H,77,78)(H,79,80)(H,81,82)(H,83,84)(H,85,86,87)(H,88,89,90)(H,91,92,93)(H,94,95,96)(H,97,98,99)(H,100,101,102)(H,103,104,105)(H,106,107,108)(H,109,110,111)/t23-,27+,28+,29+,33+,34+,35+,36+,37+,38+,39-,40-,41+,42+,43+,44+,45-,46-,47+,48+,49+,50+,51?,56+,57+,58-,59+,60+/m0/s1. The van der Waals surface area contributed by atoms with Crippen LogP contribution in [0, 0.1) is 0 Å². The van der Waals surface area contributed by atoms with Crippen molar-refractivity contribution in [3.63, 3.8) is 0 Å². The van der Waals surface area contributed by atoms with E-state index in [-0.39, 0.29) is 50.9 Å². The fourth-order valence-corrected chi connectivity index (χ4v) is 18.9. The number of aromatic carboxylic acids is 1. The predicted octanol–water partition coefficient (Wildman–Crippen LogP) is -12.2. The highest BCUT2D eigenvalue weighted by molar-refractivity contribution is 8.00. The van der Waals surface area contributed by atoms with Crippen molar-refractivity contribution < 1.29 is 283 Å². The Labute approximate surface area is 780 Å². The molecule has 8 aliphatic rings. The molecule has 0 bridgehead atoms. The number of carbonyl (C=O) groups is 6. The SMILES string of the molecule is O=C(CSCC(=O)Nc1ccc(-c2c3ccc(=O)cc-3oc3cc(O)ccc23)c(C(=O)O)c1)NNC1O[C@H](COS(=O)(=O)O)[C@@H](O[C@@H]2O[C@@H](C(=O)O)[C@@H](O[C@H]3O[C@H](COS(=O)(=O)O)[C@@H](O[C@@H]4O[C@@H](C(=O)O)[C@@H](O[C@H]5O[C@H](COS(=O)(=O)O)[C@@H](O[C@@H]6OC(C(=O)O)=C[C@H](O)[C@H]6OS(=O)(=O)O)[C@H](O)[C@H]5NS(=O)(=O)O)[C@H](O)[C@H]4OS(=O)(=O)O)[C@H](O)[C@H]3NS(=O)(=O)O)[C@H](O)[C@H]2OS(=O)(=O)O)[C@H](O)[C@H]1NS(=O)(=O)O. The Bertz CT molecular complexity index is 6420. The molecule has 139 heavy (non-hydrogen) atoms. The van der Waals surface area contributed by atoms with Gasteiger partial charge in [0.2, 0.25) is 23.9 Å². The van der Waals surface area contributed by atoms with E-state index in [2.05, 4.69) is 30.4 Å². The van der Waals surface area contributed by atoms with E-state index >= 15 is 0 Å². The second-order valence-corrected chi connectivity index (χ2v) is 40.0. The van der Waals surface area contributed by atoms with Gasteiger partial charge in [-0.05, 0) is 48.0 Å². The molecule has 2 amide bonds. The predicted molar refractivity (Wildman–Crippen MR) is 427 cm³/mol. The Morgan fingerprint density at radius 2 is 0.835 bits per heavy atom. The number of anilines is 1. The molecule has 782 valence electrons. The number of hydrogen-bond donors (Lipinski definition) is 26. The summed E-state index contributed by atoms with van der Waals surface area (Å²) in [6, 6.07) is 2.16. The summed E-state index contributed by atoms with van der Waals surface area (Å²) in [7, 11) is -54.3. The molecule has 26 N–H and O–H groups in total. The maximum absolute atomic E-state index is 13.4. The first-order chi connectivity index (χ1) is 63.9. The maximum Gasteiger partial charge on any atom is 0.397 e. The number of phenolic OH excluding ortho intramolecular Hbond substituents is 1. The summed E-state index contributed by atoms with van der Waals surface area (Å²) in [5, 5.41) is 125. The van der Waals surface area contributed by atoms with Crippen molar-refractivity contribution in [3.05, 3.63) is 82.2 Å². The highest BCUT2D eigenvalue weighted by Gasteiger charge is 2.62. The van der Waals surface area contributed by atoms with Crippen molar-refractivity contribution in [2.75, 3.05) is 36.6 Å². The van der Waals surface area contributed by atoms with Gasteiger partial charge in [-0.25, -0.2) is 49.7 Å². The first-order valence-electron chi connectivity index (χ1n) is 37.1. The summed E-state index contributed by atoms with van der Waals surface area (Å²) < 4.78 is 407. The van der Waals surface area contributed by atoms with Crippen LogP contribution < -0.4 is 35.8 Å². The van der Waals surface area contributed by atoms with Crippen molar-refractivity contribution in [1.29, 1.82) is 0 Å². The molecule has 0 saturated carbocycles. The number of aromatic hydroxyl groups is 1. The molecule has 10 rings (SSSR count). The number of aliphatic carboxylic acids is 3. The van der Waals surface area contributed by atoms with Crippen molar-refractivity contribution in [3.8, 4) is 28.2 Å². The molecule has 1 unspecified atom stereocenters. The smallest absolute Gasteiger partial charge is 0.397 e. The highest BCUT2D eigenvalue weighted by Crippen LogP contribution is 2.45. The number of aliphatic hydroxyl groups excluding tert-OH is 6. The number of carboxylic acid groups (broad SMARTS) is 4. The van der Waals surface area contributed by atoms with Gasteiger partial charge in [-0.2, -0.15) is 89.9 Å². The van der Waals surface area contributed by atoms with Gasteiger partial charge in [0.25, 0.3) is 0 Å². The number of ether oxygens (including phenoxy) is 11. The van der Waals surface area contributed by atoms with Gasteiger partial charge in [0.15, 0.2) is 61.1 Å². The lowest BCUT2D eigenvalue weighted by molar-refractivity contribution is -0.373. The number of carboxylic acids is 4. The monoisotopic (exact) mass is 2210 g/mol. The molecule has 0 radical (unpaired) electrons. The van der Waals surface area contributed by atoms with E-state index in [0.717, 1.165) is 21.6 Å². The molecule has 0 spiro atoms. The lowest BCUT2D eigenvalue weighted by Crippen LogP contribution is -2.72.